The number of benzene rings is 2. The summed E-state index contributed by atoms with van der Waals surface area (Å²) in [6, 6.07) is 15.6. The number of aromatic nitrogens is 4. The Hall–Kier alpha value is -2.28. The second-order valence-corrected chi connectivity index (χ2v) is 11.4. The van der Waals surface area contributed by atoms with Crippen LogP contribution in [0.5, 0.6) is 0 Å². The molecule has 0 amide bonds. The van der Waals surface area contributed by atoms with Crippen molar-refractivity contribution in [3.8, 4) is 5.69 Å². The molecule has 174 valence electrons. The third-order valence-corrected chi connectivity index (χ3v) is 9.31. The van der Waals surface area contributed by atoms with Crippen molar-refractivity contribution in [1.82, 2.24) is 24.0 Å². The summed E-state index contributed by atoms with van der Waals surface area (Å²) in [6.07, 6.45) is 8.47. The van der Waals surface area contributed by atoms with Crippen molar-refractivity contribution in [2.45, 2.75) is 75.9 Å². The summed E-state index contributed by atoms with van der Waals surface area (Å²) in [7, 11) is 0. The molecule has 0 unspecified atom stereocenters. The minimum Gasteiger partial charge on any atom is -0.289 e. The molecule has 2 aromatic heterocycles. The molecule has 7 heteroatoms. The van der Waals surface area contributed by atoms with Gasteiger partial charge < -0.3 is 0 Å². The molecule has 4 aromatic rings. The molecule has 0 spiro atoms. The lowest BCUT2D eigenvalue weighted by molar-refractivity contribution is 0.110. The van der Waals surface area contributed by atoms with E-state index in [4.69, 9.17) is 26.2 Å². The number of nitrogens with zero attached hydrogens (tertiary/aromatic N) is 5. The topological polar surface area (TPSA) is 46.8 Å². The van der Waals surface area contributed by atoms with Crippen LogP contribution in [0, 0.1) is 0 Å². The molecule has 34 heavy (non-hydrogen) atoms. The monoisotopic (exact) mass is 489 g/mol. The van der Waals surface area contributed by atoms with Gasteiger partial charge in [0.1, 0.15) is 5.82 Å². The minimum atomic E-state index is 0.432. The molecule has 3 heterocycles. The Morgan fingerprint density at radius 1 is 0.882 bits per heavy atom. The smallest absolute Gasteiger partial charge is 0.151 e. The molecule has 0 N–H and O–H groups in total. The van der Waals surface area contributed by atoms with Gasteiger partial charge in [0.05, 0.1) is 22.6 Å². The maximum absolute atomic E-state index is 6.44. The average Bonchev–Trinajstić information content (AvgIpc) is 3.39. The van der Waals surface area contributed by atoms with Crippen LogP contribution >= 0.6 is 23.1 Å². The van der Waals surface area contributed by atoms with Crippen LogP contribution in [-0.2, 0) is 13.1 Å². The first-order valence-corrected chi connectivity index (χ1v) is 13.7. The zero-order valence-corrected chi connectivity index (χ0v) is 20.7. The molecule has 0 atom stereocenters. The van der Waals surface area contributed by atoms with Crippen molar-refractivity contribution < 1.29 is 0 Å². The molecule has 0 radical (unpaired) electrons. The first-order chi connectivity index (χ1) is 16.7. The Kier molecular flexibility index (Phi) is 5.22. The standard InChI is InChI=1S/C27H28ClN5S/c28-20-12-13-23-19(14-20)15-32(21-4-3-5-21)16-25-29-30-27(33(23)25)18-10-8-17(9-11-18)26-22-6-1-2-7-24(22)34-31-26/h1-2,6-7,12-14,17-18,21H,3-5,8-11,15-16H2. The third kappa shape index (κ3) is 3.50. The van der Waals surface area contributed by atoms with Crippen molar-refractivity contribution >= 4 is 33.2 Å². The van der Waals surface area contributed by atoms with Crippen LogP contribution in [0.4, 0.5) is 0 Å². The molecule has 3 aliphatic rings. The minimum absolute atomic E-state index is 0.432. The summed E-state index contributed by atoms with van der Waals surface area (Å²) < 4.78 is 8.52. The van der Waals surface area contributed by atoms with Gasteiger partial charge in [-0.25, -0.2) is 0 Å². The molecule has 0 saturated heterocycles. The fraction of sp³-hybridized carbons (Fsp3) is 0.444. The lowest BCUT2D eigenvalue weighted by atomic mass is 9.79. The molecule has 2 fully saturated rings. The Morgan fingerprint density at radius 2 is 1.71 bits per heavy atom. The lowest BCUT2D eigenvalue weighted by Crippen LogP contribution is -2.38. The molecule has 5 nitrogen and oxygen atoms in total. The normalized spacial score (nSPS) is 23.3. The van der Waals surface area contributed by atoms with Crippen LogP contribution in [0.3, 0.4) is 0 Å². The summed E-state index contributed by atoms with van der Waals surface area (Å²) in [5.41, 5.74) is 3.81. The predicted molar refractivity (Wildman–Crippen MR) is 137 cm³/mol. The van der Waals surface area contributed by atoms with Crippen LogP contribution in [0.2, 0.25) is 5.02 Å². The summed E-state index contributed by atoms with van der Waals surface area (Å²) in [6.45, 7) is 1.80. The van der Waals surface area contributed by atoms with Crippen molar-refractivity contribution in [2.75, 3.05) is 0 Å². The van der Waals surface area contributed by atoms with Crippen molar-refractivity contribution in [3.63, 3.8) is 0 Å². The molecular formula is C27H28ClN5S. The van der Waals surface area contributed by atoms with E-state index in [9.17, 15) is 0 Å². The molecule has 1 aliphatic heterocycles. The van der Waals surface area contributed by atoms with Gasteiger partial charge >= 0.3 is 0 Å². The summed E-state index contributed by atoms with van der Waals surface area (Å²) in [4.78, 5) is 2.58. The van der Waals surface area contributed by atoms with E-state index in [-0.39, 0.29) is 0 Å². The van der Waals surface area contributed by atoms with E-state index in [1.54, 1.807) is 11.5 Å². The third-order valence-electron chi connectivity index (χ3n) is 8.23. The summed E-state index contributed by atoms with van der Waals surface area (Å²) >= 11 is 8.07. The molecular weight excluding hydrogens is 462 g/mol. The van der Waals surface area contributed by atoms with Gasteiger partial charge in [0.2, 0.25) is 0 Å². The highest BCUT2D eigenvalue weighted by Crippen LogP contribution is 2.43. The van der Waals surface area contributed by atoms with Gasteiger partial charge in [-0.3, -0.25) is 9.47 Å². The first kappa shape index (κ1) is 21.0. The summed E-state index contributed by atoms with van der Waals surface area (Å²) in [5, 5.41) is 11.7. The number of halogens is 1. The van der Waals surface area contributed by atoms with Crippen LogP contribution in [0.25, 0.3) is 15.8 Å². The van der Waals surface area contributed by atoms with E-state index in [1.165, 1.54) is 46.3 Å². The van der Waals surface area contributed by atoms with E-state index in [1.807, 2.05) is 6.07 Å². The maximum atomic E-state index is 6.44. The molecule has 7 rings (SSSR count). The SMILES string of the molecule is Clc1ccc2c(c1)CN(C1CCC1)Cc1nnc(C3CCC(c4nsc5ccccc45)CC3)n1-2. The fourth-order valence-electron chi connectivity index (χ4n) is 6.15. The Morgan fingerprint density at radius 3 is 2.53 bits per heavy atom. The van der Waals surface area contributed by atoms with Gasteiger partial charge in [0.25, 0.3) is 0 Å². The van der Waals surface area contributed by atoms with Crippen molar-refractivity contribution in [1.29, 1.82) is 0 Å². The van der Waals surface area contributed by atoms with Gasteiger partial charge in [-0.15, -0.1) is 10.2 Å². The van der Waals surface area contributed by atoms with Crippen molar-refractivity contribution in [3.05, 3.63) is 70.4 Å². The Balaban J connectivity index is 1.19. The van der Waals surface area contributed by atoms with Gasteiger partial charge in [0.15, 0.2) is 5.82 Å². The molecule has 0 bridgehead atoms. The molecule has 2 aromatic carbocycles. The zero-order valence-electron chi connectivity index (χ0n) is 19.2. The molecule has 2 saturated carbocycles. The van der Waals surface area contributed by atoms with Gasteiger partial charge in [-0.1, -0.05) is 36.2 Å². The van der Waals surface area contributed by atoms with E-state index in [0.717, 1.165) is 55.4 Å². The van der Waals surface area contributed by atoms with Gasteiger partial charge in [0, 0.05) is 34.8 Å². The first-order valence-electron chi connectivity index (χ1n) is 12.6. The second-order valence-electron chi connectivity index (χ2n) is 10.2. The lowest BCUT2D eigenvalue weighted by Gasteiger charge is -2.36. The largest absolute Gasteiger partial charge is 0.289 e. The zero-order chi connectivity index (χ0) is 22.6. The number of hydrogen-bond donors (Lipinski definition) is 0. The average molecular weight is 490 g/mol. The van der Waals surface area contributed by atoms with E-state index in [2.05, 4.69) is 45.9 Å². The summed E-state index contributed by atoms with van der Waals surface area (Å²) in [5.74, 6) is 3.19. The number of hydrogen-bond acceptors (Lipinski definition) is 5. The van der Waals surface area contributed by atoms with Crippen LogP contribution in [0.15, 0.2) is 42.5 Å². The number of rotatable bonds is 3. The second kappa shape index (κ2) is 8.43. The fourth-order valence-corrected chi connectivity index (χ4v) is 7.20. The number of fused-ring (bicyclic) bond motifs is 4. The molecule has 2 aliphatic carbocycles. The quantitative estimate of drug-likeness (QED) is 0.316. The van der Waals surface area contributed by atoms with E-state index in [0.29, 0.717) is 17.9 Å². The predicted octanol–water partition coefficient (Wildman–Crippen LogP) is 6.84. The van der Waals surface area contributed by atoms with Gasteiger partial charge in [-0.05, 0) is 79.9 Å². The Bertz CT molecular complexity index is 1350. The van der Waals surface area contributed by atoms with E-state index < -0.39 is 0 Å². The highest BCUT2D eigenvalue weighted by Gasteiger charge is 2.34. The van der Waals surface area contributed by atoms with E-state index >= 15 is 0 Å². The van der Waals surface area contributed by atoms with Crippen LogP contribution in [0.1, 0.15) is 79.7 Å². The highest BCUT2D eigenvalue weighted by molar-refractivity contribution is 7.13. The van der Waals surface area contributed by atoms with Crippen LogP contribution in [-0.4, -0.2) is 30.1 Å². The highest BCUT2D eigenvalue weighted by atomic mass is 35.5. The van der Waals surface area contributed by atoms with Crippen molar-refractivity contribution in [2.24, 2.45) is 0 Å². The van der Waals surface area contributed by atoms with Crippen LogP contribution < -0.4 is 0 Å². The van der Waals surface area contributed by atoms with Gasteiger partial charge in [-0.2, -0.15) is 4.37 Å². The Labute approximate surface area is 208 Å². The maximum Gasteiger partial charge on any atom is 0.151 e.